The van der Waals surface area contributed by atoms with E-state index in [0.717, 1.165) is 48.6 Å². The average molecular weight is 390 g/mol. The maximum Gasteiger partial charge on any atom is 0.224 e. The lowest BCUT2D eigenvalue weighted by Gasteiger charge is -2.26. The fourth-order valence-corrected chi connectivity index (χ4v) is 3.51. The number of amides is 1. The Balaban J connectivity index is 1.18. The van der Waals surface area contributed by atoms with E-state index in [-0.39, 0.29) is 12.0 Å². The van der Waals surface area contributed by atoms with Crippen LogP contribution in [0.3, 0.4) is 0 Å². The molecule has 0 fully saturated rings. The number of para-hydroxylation sites is 3. The summed E-state index contributed by atoms with van der Waals surface area (Å²) in [5.74, 6) is 1.69. The summed E-state index contributed by atoms with van der Waals surface area (Å²) in [5.41, 5.74) is 3.19. The molecule has 3 aromatic rings. The number of benzene rings is 2. The molecule has 0 spiro atoms. The zero-order valence-corrected chi connectivity index (χ0v) is 16.4. The zero-order valence-electron chi connectivity index (χ0n) is 16.4. The number of aryl methyl sites for hydroxylation is 1. The van der Waals surface area contributed by atoms with E-state index < -0.39 is 0 Å². The van der Waals surface area contributed by atoms with E-state index in [0.29, 0.717) is 13.0 Å². The minimum atomic E-state index is 0.0121. The lowest BCUT2D eigenvalue weighted by molar-refractivity contribution is -0.116. The first-order chi connectivity index (χ1) is 14.3. The van der Waals surface area contributed by atoms with Crippen LogP contribution in [0.2, 0.25) is 0 Å². The maximum absolute atomic E-state index is 12.0. The van der Waals surface area contributed by atoms with Crippen molar-refractivity contribution >= 4 is 11.6 Å². The molecule has 2 aromatic carbocycles. The van der Waals surface area contributed by atoms with Crippen LogP contribution in [0.25, 0.3) is 0 Å². The minimum absolute atomic E-state index is 0.0121. The van der Waals surface area contributed by atoms with Gasteiger partial charge < -0.3 is 19.8 Å². The molecule has 1 atom stereocenters. The summed E-state index contributed by atoms with van der Waals surface area (Å²) < 4.78 is 11.8. The monoisotopic (exact) mass is 390 g/mol. The summed E-state index contributed by atoms with van der Waals surface area (Å²) in [7, 11) is 0. The molecule has 2 N–H and O–H groups in total. The average Bonchev–Trinajstić information content (AvgIpc) is 3.19. The van der Waals surface area contributed by atoms with Gasteiger partial charge in [-0.05, 0) is 55.7 Å². The highest BCUT2D eigenvalue weighted by Crippen LogP contribution is 2.31. The summed E-state index contributed by atoms with van der Waals surface area (Å²) in [5, 5.41) is 2.92. The van der Waals surface area contributed by atoms with Crippen molar-refractivity contribution in [2.24, 2.45) is 0 Å². The van der Waals surface area contributed by atoms with Crippen LogP contribution in [0.4, 0.5) is 5.69 Å². The van der Waals surface area contributed by atoms with Crippen molar-refractivity contribution < 1.29 is 14.3 Å². The fraction of sp³-hybridized carbons (Fsp3) is 0.292. The van der Waals surface area contributed by atoms with Gasteiger partial charge in [0.1, 0.15) is 12.7 Å². The van der Waals surface area contributed by atoms with Crippen molar-refractivity contribution in [2.45, 2.75) is 38.2 Å². The predicted molar refractivity (Wildman–Crippen MR) is 113 cm³/mol. The molecule has 0 aliphatic carbocycles. The van der Waals surface area contributed by atoms with E-state index in [1.807, 2.05) is 54.6 Å². The first-order valence-corrected chi connectivity index (χ1v) is 10.2. The summed E-state index contributed by atoms with van der Waals surface area (Å²) in [6, 6.07) is 21.6. The number of aromatic amines is 1. The summed E-state index contributed by atoms with van der Waals surface area (Å²) >= 11 is 0. The van der Waals surface area contributed by atoms with Crippen LogP contribution in [0, 0.1) is 0 Å². The third-order valence-electron chi connectivity index (χ3n) is 4.98. The number of ether oxygens (including phenoxy) is 2. The maximum atomic E-state index is 12.0. The van der Waals surface area contributed by atoms with Gasteiger partial charge in [-0.1, -0.05) is 30.3 Å². The van der Waals surface area contributed by atoms with Crippen molar-refractivity contribution in [3.63, 3.8) is 0 Å². The molecule has 0 saturated carbocycles. The number of anilines is 1. The van der Waals surface area contributed by atoms with Gasteiger partial charge in [0.25, 0.3) is 0 Å². The molecule has 5 nitrogen and oxygen atoms in total. The van der Waals surface area contributed by atoms with Gasteiger partial charge in [-0.2, -0.15) is 0 Å². The molecule has 5 heteroatoms. The second-order valence-electron chi connectivity index (χ2n) is 7.33. The van der Waals surface area contributed by atoms with Crippen LogP contribution in [0.5, 0.6) is 11.5 Å². The molecule has 1 aliphatic rings. The SMILES string of the molecule is O=C(CCCCc1ccc(CC2COc3ccccc3O2)[nH]1)Nc1ccccc1. The van der Waals surface area contributed by atoms with Gasteiger partial charge in [0.2, 0.25) is 5.91 Å². The molecule has 1 aliphatic heterocycles. The van der Waals surface area contributed by atoms with Gasteiger partial charge in [-0.3, -0.25) is 4.79 Å². The van der Waals surface area contributed by atoms with Crippen LogP contribution in [-0.4, -0.2) is 23.6 Å². The number of nitrogens with one attached hydrogen (secondary N) is 2. The summed E-state index contributed by atoms with van der Waals surface area (Å²) in [4.78, 5) is 15.5. The second-order valence-corrected chi connectivity index (χ2v) is 7.33. The Morgan fingerprint density at radius 1 is 0.931 bits per heavy atom. The molecule has 150 valence electrons. The number of aromatic nitrogens is 1. The van der Waals surface area contributed by atoms with Crippen LogP contribution < -0.4 is 14.8 Å². The third-order valence-corrected chi connectivity index (χ3v) is 4.98. The first kappa shape index (κ1) is 19.1. The predicted octanol–water partition coefficient (Wildman–Crippen LogP) is 4.75. The lowest BCUT2D eigenvalue weighted by Crippen LogP contribution is -2.31. The summed E-state index contributed by atoms with van der Waals surface area (Å²) in [6.45, 7) is 0.557. The van der Waals surface area contributed by atoms with Crippen LogP contribution in [0.1, 0.15) is 30.7 Å². The standard InChI is InChI=1S/C24H26N2O3/c27-24(26-18-8-2-1-3-9-18)13-7-4-10-19-14-15-20(25-19)16-21-17-28-22-11-5-6-12-23(22)29-21/h1-3,5-6,8-9,11-12,14-15,21,25H,4,7,10,13,16-17H2,(H,26,27). The Bertz CT molecular complexity index is 936. The molecule has 0 saturated heterocycles. The van der Waals surface area contributed by atoms with Crippen LogP contribution >= 0.6 is 0 Å². The highest BCUT2D eigenvalue weighted by molar-refractivity contribution is 5.90. The van der Waals surface area contributed by atoms with Crippen molar-refractivity contribution in [3.05, 3.63) is 78.1 Å². The molecular weight excluding hydrogens is 364 g/mol. The number of fused-ring (bicyclic) bond motifs is 1. The van der Waals surface area contributed by atoms with Crippen LogP contribution in [0.15, 0.2) is 66.7 Å². The zero-order chi connectivity index (χ0) is 19.9. The third kappa shape index (κ3) is 5.41. The molecule has 0 radical (unpaired) electrons. The highest BCUT2D eigenvalue weighted by Gasteiger charge is 2.21. The minimum Gasteiger partial charge on any atom is -0.486 e. The molecule has 0 bridgehead atoms. The molecule has 1 amide bonds. The van der Waals surface area contributed by atoms with Crippen molar-refractivity contribution in [3.8, 4) is 11.5 Å². The highest BCUT2D eigenvalue weighted by atomic mass is 16.6. The van der Waals surface area contributed by atoms with E-state index in [1.165, 1.54) is 5.69 Å². The largest absolute Gasteiger partial charge is 0.486 e. The molecule has 29 heavy (non-hydrogen) atoms. The van der Waals surface area contributed by atoms with E-state index in [9.17, 15) is 4.79 Å². The Kier molecular flexibility index (Phi) is 6.15. The first-order valence-electron chi connectivity index (χ1n) is 10.2. The van der Waals surface area contributed by atoms with Crippen LogP contribution in [-0.2, 0) is 17.6 Å². The number of carbonyl (C=O) groups excluding carboxylic acids is 1. The van der Waals surface area contributed by atoms with Gasteiger partial charge >= 0.3 is 0 Å². The topological polar surface area (TPSA) is 63.4 Å². The normalized spacial score (nSPS) is 15.1. The number of rotatable bonds is 8. The molecule has 2 heterocycles. The van der Waals surface area contributed by atoms with E-state index in [1.54, 1.807) is 0 Å². The summed E-state index contributed by atoms with van der Waals surface area (Å²) in [6.07, 6.45) is 4.10. The van der Waals surface area contributed by atoms with Gasteiger partial charge in [0.05, 0.1) is 0 Å². The van der Waals surface area contributed by atoms with Gasteiger partial charge in [-0.25, -0.2) is 0 Å². The molecule has 1 aromatic heterocycles. The van der Waals surface area contributed by atoms with E-state index in [2.05, 4.69) is 22.4 Å². The van der Waals surface area contributed by atoms with E-state index >= 15 is 0 Å². The smallest absolute Gasteiger partial charge is 0.224 e. The Morgan fingerprint density at radius 3 is 2.55 bits per heavy atom. The van der Waals surface area contributed by atoms with Crippen molar-refractivity contribution in [2.75, 3.05) is 11.9 Å². The fourth-order valence-electron chi connectivity index (χ4n) is 3.51. The molecule has 4 rings (SSSR count). The quantitative estimate of drug-likeness (QED) is 0.546. The van der Waals surface area contributed by atoms with Gasteiger partial charge in [0, 0.05) is 29.9 Å². The van der Waals surface area contributed by atoms with Crippen molar-refractivity contribution in [1.82, 2.24) is 4.98 Å². The number of hydrogen-bond acceptors (Lipinski definition) is 3. The number of unbranched alkanes of at least 4 members (excludes halogenated alkanes) is 1. The Hall–Kier alpha value is -3.21. The molecule has 1 unspecified atom stereocenters. The van der Waals surface area contributed by atoms with E-state index in [4.69, 9.17) is 9.47 Å². The number of H-pyrrole nitrogens is 1. The Labute approximate surface area is 171 Å². The van der Waals surface area contributed by atoms with Gasteiger partial charge in [-0.15, -0.1) is 0 Å². The lowest BCUT2D eigenvalue weighted by atomic mass is 10.1. The van der Waals surface area contributed by atoms with Gasteiger partial charge in [0.15, 0.2) is 11.5 Å². The second kappa shape index (κ2) is 9.32. The number of carbonyl (C=O) groups is 1. The molecular formula is C24H26N2O3. The Morgan fingerprint density at radius 2 is 1.69 bits per heavy atom. The van der Waals surface area contributed by atoms with Crippen molar-refractivity contribution in [1.29, 1.82) is 0 Å². The number of hydrogen-bond donors (Lipinski definition) is 2.